The fourth-order valence-electron chi connectivity index (χ4n) is 1.86. The van der Waals surface area contributed by atoms with Gasteiger partial charge in [0.2, 0.25) is 0 Å². The van der Waals surface area contributed by atoms with Gasteiger partial charge >= 0.3 is 0 Å². The third kappa shape index (κ3) is 2.88. The predicted molar refractivity (Wildman–Crippen MR) is 63.7 cm³/mol. The zero-order chi connectivity index (χ0) is 11.4. The van der Waals surface area contributed by atoms with Crippen LogP contribution >= 0.6 is 11.6 Å². The van der Waals surface area contributed by atoms with Crippen molar-refractivity contribution in [3.63, 3.8) is 0 Å². The number of para-hydroxylation sites is 1. The van der Waals surface area contributed by atoms with Gasteiger partial charge in [-0.15, -0.1) is 0 Å². The zero-order valence-corrected chi connectivity index (χ0v) is 9.83. The Balaban J connectivity index is 1.82. The summed E-state index contributed by atoms with van der Waals surface area (Å²) in [5.41, 5.74) is 0.839. The van der Waals surface area contributed by atoms with Crippen LogP contribution in [-0.2, 0) is 11.3 Å². The van der Waals surface area contributed by atoms with Crippen LogP contribution in [-0.4, -0.2) is 24.9 Å². The van der Waals surface area contributed by atoms with Gasteiger partial charge in [0.15, 0.2) is 0 Å². The molecule has 0 amide bonds. The van der Waals surface area contributed by atoms with Gasteiger partial charge in [-0.1, -0.05) is 23.7 Å². The summed E-state index contributed by atoms with van der Waals surface area (Å²) in [6.07, 6.45) is 1.12. The van der Waals surface area contributed by atoms with Crippen LogP contribution in [0.4, 0.5) is 0 Å². The lowest BCUT2D eigenvalue weighted by Crippen LogP contribution is -2.22. The van der Waals surface area contributed by atoms with Crippen LogP contribution in [0.5, 0.6) is 5.75 Å². The number of hydrogen-bond donors (Lipinski definition) is 2. The van der Waals surface area contributed by atoms with Gasteiger partial charge < -0.3 is 15.2 Å². The normalized spacial score (nSPS) is 20.2. The van der Waals surface area contributed by atoms with Crippen molar-refractivity contribution in [3.8, 4) is 5.75 Å². The number of ether oxygens (including phenoxy) is 1. The summed E-state index contributed by atoms with van der Waals surface area (Å²) in [5, 5.41) is 13.4. The number of benzene rings is 1. The van der Waals surface area contributed by atoms with Crippen LogP contribution in [0.3, 0.4) is 0 Å². The summed E-state index contributed by atoms with van der Waals surface area (Å²) in [7, 11) is 0. The van der Waals surface area contributed by atoms with E-state index in [2.05, 4.69) is 5.32 Å². The Morgan fingerprint density at radius 2 is 2.38 bits per heavy atom. The van der Waals surface area contributed by atoms with E-state index in [1.54, 1.807) is 6.07 Å². The molecule has 1 unspecified atom stereocenters. The Kier molecular flexibility index (Phi) is 4.04. The molecule has 0 aromatic heterocycles. The van der Waals surface area contributed by atoms with Crippen LogP contribution in [0.15, 0.2) is 18.2 Å². The van der Waals surface area contributed by atoms with Crippen molar-refractivity contribution < 1.29 is 9.84 Å². The smallest absolute Gasteiger partial charge is 0.138 e. The van der Waals surface area contributed by atoms with Gasteiger partial charge in [-0.3, -0.25) is 0 Å². The third-order valence-electron chi connectivity index (χ3n) is 2.84. The first-order valence-electron chi connectivity index (χ1n) is 5.52. The van der Waals surface area contributed by atoms with Gasteiger partial charge in [0.25, 0.3) is 0 Å². The molecule has 1 heterocycles. The van der Waals surface area contributed by atoms with Gasteiger partial charge in [0.1, 0.15) is 5.75 Å². The molecule has 0 radical (unpaired) electrons. The Morgan fingerprint density at radius 1 is 1.50 bits per heavy atom. The monoisotopic (exact) mass is 241 g/mol. The number of nitrogens with one attached hydrogen (secondary N) is 1. The van der Waals surface area contributed by atoms with Crippen molar-refractivity contribution in [2.24, 2.45) is 5.92 Å². The minimum Gasteiger partial charge on any atom is -0.506 e. The summed E-state index contributed by atoms with van der Waals surface area (Å²) >= 11 is 5.82. The molecule has 1 aliphatic rings. The molecular formula is C12H16ClNO2. The van der Waals surface area contributed by atoms with E-state index in [4.69, 9.17) is 16.3 Å². The highest BCUT2D eigenvalue weighted by atomic mass is 35.5. The molecule has 1 aliphatic heterocycles. The zero-order valence-electron chi connectivity index (χ0n) is 9.08. The van der Waals surface area contributed by atoms with Crippen LogP contribution < -0.4 is 5.32 Å². The van der Waals surface area contributed by atoms with Crippen molar-refractivity contribution in [3.05, 3.63) is 28.8 Å². The minimum atomic E-state index is 0.180. The summed E-state index contributed by atoms with van der Waals surface area (Å²) < 4.78 is 5.29. The first-order valence-corrected chi connectivity index (χ1v) is 5.90. The van der Waals surface area contributed by atoms with E-state index in [0.29, 0.717) is 17.5 Å². The molecule has 1 fully saturated rings. The lowest BCUT2D eigenvalue weighted by molar-refractivity contribution is 0.185. The maximum Gasteiger partial charge on any atom is 0.138 e. The first-order chi connectivity index (χ1) is 7.77. The molecule has 0 aliphatic carbocycles. The van der Waals surface area contributed by atoms with Gasteiger partial charge in [-0.05, 0) is 18.4 Å². The highest BCUT2D eigenvalue weighted by molar-refractivity contribution is 6.32. The van der Waals surface area contributed by atoms with Crippen molar-refractivity contribution in [1.82, 2.24) is 5.32 Å². The van der Waals surface area contributed by atoms with E-state index < -0.39 is 0 Å². The largest absolute Gasteiger partial charge is 0.506 e. The second-order valence-corrected chi connectivity index (χ2v) is 4.52. The van der Waals surface area contributed by atoms with Gasteiger partial charge in [0, 0.05) is 25.3 Å². The number of phenols is 1. The maximum atomic E-state index is 9.69. The highest BCUT2D eigenvalue weighted by Crippen LogP contribution is 2.26. The molecule has 0 saturated carbocycles. The van der Waals surface area contributed by atoms with E-state index >= 15 is 0 Å². The quantitative estimate of drug-likeness (QED) is 0.849. The summed E-state index contributed by atoms with van der Waals surface area (Å²) in [6, 6.07) is 5.41. The fourth-order valence-corrected chi connectivity index (χ4v) is 2.05. The number of hydrogen-bond acceptors (Lipinski definition) is 3. The Bertz CT molecular complexity index is 351. The first kappa shape index (κ1) is 11.7. The van der Waals surface area contributed by atoms with Crippen LogP contribution in [0, 0.1) is 5.92 Å². The Labute approximate surface area is 100 Å². The summed E-state index contributed by atoms with van der Waals surface area (Å²) in [4.78, 5) is 0. The van der Waals surface area contributed by atoms with E-state index in [0.717, 1.165) is 31.7 Å². The molecule has 3 nitrogen and oxygen atoms in total. The number of halogens is 1. The molecule has 88 valence electrons. The number of phenolic OH excluding ortho intramolecular Hbond substituents is 1. The highest BCUT2D eigenvalue weighted by Gasteiger charge is 2.15. The van der Waals surface area contributed by atoms with Crippen LogP contribution in [0.25, 0.3) is 0 Å². The molecule has 2 N–H and O–H groups in total. The summed E-state index contributed by atoms with van der Waals surface area (Å²) in [6.45, 7) is 3.28. The molecule has 0 spiro atoms. The van der Waals surface area contributed by atoms with Gasteiger partial charge in [-0.25, -0.2) is 0 Å². The molecular weight excluding hydrogens is 226 g/mol. The number of rotatable bonds is 4. The second-order valence-electron chi connectivity index (χ2n) is 4.11. The average molecular weight is 242 g/mol. The van der Waals surface area contributed by atoms with E-state index in [-0.39, 0.29) is 5.75 Å². The molecule has 1 saturated heterocycles. The molecule has 1 atom stereocenters. The van der Waals surface area contributed by atoms with Crippen molar-refractivity contribution >= 4 is 11.6 Å². The fraction of sp³-hybridized carbons (Fsp3) is 0.500. The van der Waals surface area contributed by atoms with E-state index in [9.17, 15) is 5.11 Å². The summed E-state index contributed by atoms with van der Waals surface area (Å²) in [5.74, 6) is 0.778. The Morgan fingerprint density at radius 3 is 3.12 bits per heavy atom. The predicted octanol–water partition coefficient (Wildman–Crippen LogP) is 2.17. The lowest BCUT2D eigenvalue weighted by Gasteiger charge is -2.10. The maximum absolute atomic E-state index is 9.69. The SMILES string of the molecule is Oc1c(Cl)cccc1CNCC1CCOC1. The number of aromatic hydroxyl groups is 1. The third-order valence-corrected chi connectivity index (χ3v) is 3.15. The van der Waals surface area contributed by atoms with Crippen LogP contribution in [0.1, 0.15) is 12.0 Å². The van der Waals surface area contributed by atoms with Crippen molar-refractivity contribution in [2.75, 3.05) is 19.8 Å². The minimum absolute atomic E-state index is 0.180. The molecule has 16 heavy (non-hydrogen) atoms. The molecule has 0 bridgehead atoms. The molecule has 4 heteroatoms. The van der Waals surface area contributed by atoms with E-state index in [1.165, 1.54) is 0 Å². The molecule has 2 rings (SSSR count). The molecule has 1 aromatic rings. The van der Waals surface area contributed by atoms with Gasteiger partial charge in [-0.2, -0.15) is 0 Å². The van der Waals surface area contributed by atoms with E-state index in [1.807, 2.05) is 12.1 Å². The lowest BCUT2D eigenvalue weighted by atomic mass is 10.1. The molecule has 1 aromatic carbocycles. The topological polar surface area (TPSA) is 41.5 Å². The van der Waals surface area contributed by atoms with Crippen LogP contribution in [0.2, 0.25) is 5.02 Å². The van der Waals surface area contributed by atoms with Gasteiger partial charge in [0.05, 0.1) is 11.6 Å². The Hall–Kier alpha value is -0.770. The average Bonchev–Trinajstić information content (AvgIpc) is 2.77. The standard InChI is InChI=1S/C12H16ClNO2/c13-11-3-1-2-10(12(11)15)7-14-6-9-4-5-16-8-9/h1-3,9,14-15H,4-8H2. The second kappa shape index (κ2) is 5.53. The van der Waals surface area contributed by atoms with Crippen molar-refractivity contribution in [1.29, 1.82) is 0 Å². The van der Waals surface area contributed by atoms with Crippen molar-refractivity contribution in [2.45, 2.75) is 13.0 Å².